The molecule has 1 aromatic carbocycles. The molecular formula is C16H15F3N4O. The number of nitrogens with two attached hydrogens (primary N) is 1. The van der Waals surface area contributed by atoms with E-state index in [9.17, 15) is 13.2 Å². The highest BCUT2D eigenvalue weighted by Crippen LogP contribution is 2.39. The standard InChI is InChI=1S/C16H15F3N4O/c1-16(14(15(18)19)24-7-13(20)23-16)11-4-9(2-3-12(11)17)10-5-21-8-22-6-10/h2-6,8,14-15H,7H2,1H3,(H2,20,23). The van der Waals surface area contributed by atoms with Crippen molar-refractivity contribution in [3.63, 3.8) is 0 Å². The van der Waals surface area contributed by atoms with Crippen LogP contribution in [0.2, 0.25) is 0 Å². The van der Waals surface area contributed by atoms with Crippen molar-refractivity contribution in [2.75, 3.05) is 6.61 Å². The number of aromatic nitrogens is 2. The molecule has 0 saturated carbocycles. The number of amidine groups is 1. The first kappa shape index (κ1) is 16.4. The summed E-state index contributed by atoms with van der Waals surface area (Å²) in [7, 11) is 0. The SMILES string of the molecule is CC1(c2cc(-c3cncnc3)ccc2F)N=C(N)COC1C(F)F. The summed E-state index contributed by atoms with van der Waals surface area (Å²) < 4.78 is 46.4. The van der Waals surface area contributed by atoms with Crippen molar-refractivity contribution in [2.24, 2.45) is 10.7 Å². The van der Waals surface area contributed by atoms with Gasteiger partial charge in [-0.05, 0) is 24.6 Å². The molecule has 0 saturated heterocycles. The van der Waals surface area contributed by atoms with E-state index in [4.69, 9.17) is 10.5 Å². The third-order valence-electron chi connectivity index (χ3n) is 3.98. The highest BCUT2D eigenvalue weighted by Gasteiger charge is 2.46. The number of nitrogens with zero attached hydrogens (tertiary/aromatic N) is 3. The number of hydrogen-bond donors (Lipinski definition) is 1. The van der Waals surface area contributed by atoms with Gasteiger partial charge in [-0.2, -0.15) is 0 Å². The number of alkyl halides is 2. The molecule has 0 spiro atoms. The molecule has 1 aromatic heterocycles. The first-order chi connectivity index (χ1) is 11.4. The van der Waals surface area contributed by atoms with Crippen LogP contribution in [0.25, 0.3) is 11.1 Å². The molecule has 0 bridgehead atoms. The van der Waals surface area contributed by atoms with Crippen LogP contribution in [-0.4, -0.2) is 34.9 Å². The lowest BCUT2D eigenvalue weighted by molar-refractivity contribution is -0.0883. The summed E-state index contributed by atoms with van der Waals surface area (Å²) in [6.07, 6.45) is 0.0245. The smallest absolute Gasteiger partial charge is 0.267 e. The highest BCUT2D eigenvalue weighted by atomic mass is 19.3. The van der Waals surface area contributed by atoms with Gasteiger partial charge in [0.05, 0.1) is 0 Å². The predicted octanol–water partition coefficient (Wildman–Crippen LogP) is 2.52. The topological polar surface area (TPSA) is 73.4 Å². The van der Waals surface area contributed by atoms with Gasteiger partial charge in [0, 0.05) is 23.5 Å². The van der Waals surface area contributed by atoms with E-state index in [1.807, 2.05) is 0 Å². The van der Waals surface area contributed by atoms with E-state index in [1.165, 1.54) is 31.5 Å². The van der Waals surface area contributed by atoms with Crippen molar-refractivity contribution in [3.8, 4) is 11.1 Å². The monoisotopic (exact) mass is 336 g/mol. The van der Waals surface area contributed by atoms with Crippen LogP contribution in [0.5, 0.6) is 0 Å². The molecule has 0 fully saturated rings. The Morgan fingerprint density at radius 3 is 2.62 bits per heavy atom. The minimum atomic E-state index is -2.84. The van der Waals surface area contributed by atoms with Crippen molar-refractivity contribution in [1.29, 1.82) is 0 Å². The summed E-state index contributed by atoms with van der Waals surface area (Å²) in [5.41, 5.74) is 5.21. The van der Waals surface area contributed by atoms with E-state index in [2.05, 4.69) is 15.0 Å². The maximum atomic E-state index is 14.4. The fraction of sp³-hybridized carbons (Fsp3) is 0.312. The summed E-state index contributed by atoms with van der Waals surface area (Å²) in [6, 6.07) is 4.18. The lowest BCUT2D eigenvalue weighted by atomic mass is 9.84. The molecule has 1 aliphatic rings. The van der Waals surface area contributed by atoms with E-state index >= 15 is 0 Å². The fourth-order valence-corrected chi connectivity index (χ4v) is 2.80. The minimum absolute atomic E-state index is 0.0168. The Morgan fingerprint density at radius 2 is 1.96 bits per heavy atom. The molecule has 2 unspecified atom stereocenters. The summed E-state index contributed by atoms with van der Waals surface area (Å²) in [6.45, 7) is 1.18. The van der Waals surface area contributed by atoms with Crippen LogP contribution in [0.1, 0.15) is 12.5 Å². The van der Waals surface area contributed by atoms with Crippen molar-refractivity contribution in [3.05, 3.63) is 48.3 Å². The number of ether oxygens (including phenoxy) is 1. The van der Waals surface area contributed by atoms with Crippen LogP contribution in [0.15, 0.2) is 41.9 Å². The number of benzene rings is 1. The fourth-order valence-electron chi connectivity index (χ4n) is 2.80. The zero-order valence-electron chi connectivity index (χ0n) is 12.8. The second kappa shape index (κ2) is 6.20. The van der Waals surface area contributed by atoms with Crippen LogP contribution in [0.4, 0.5) is 13.2 Å². The Balaban J connectivity index is 2.14. The molecule has 2 aromatic rings. The lowest BCUT2D eigenvalue weighted by Crippen LogP contribution is -2.49. The quantitative estimate of drug-likeness (QED) is 0.935. The number of hydrogen-bond acceptors (Lipinski definition) is 5. The van der Waals surface area contributed by atoms with Gasteiger partial charge in [-0.1, -0.05) is 6.07 Å². The molecule has 8 heteroatoms. The van der Waals surface area contributed by atoms with Gasteiger partial charge >= 0.3 is 0 Å². The Bertz CT molecular complexity index is 769. The van der Waals surface area contributed by atoms with E-state index in [0.717, 1.165) is 0 Å². The average Bonchev–Trinajstić information content (AvgIpc) is 2.55. The Labute approximate surface area is 136 Å². The van der Waals surface area contributed by atoms with Gasteiger partial charge in [0.1, 0.15) is 36.2 Å². The second-order valence-electron chi connectivity index (χ2n) is 5.64. The normalized spacial score (nSPS) is 24.0. The average molecular weight is 336 g/mol. The molecule has 0 radical (unpaired) electrons. The number of halogens is 3. The van der Waals surface area contributed by atoms with Gasteiger partial charge in [0.2, 0.25) is 0 Å². The summed E-state index contributed by atoms with van der Waals surface area (Å²) >= 11 is 0. The molecule has 2 N–H and O–H groups in total. The van der Waals surface area contributed by atoms with Crippen molar-refractivity contribution in [1.82, 2.24) is 9.97 Å². The van der Waals surface area contributed by atoms with Crippen LogP contribution < -0.4 is 5.73 Å². The summed E-state index contributed by atoms with van der Waals surface area (Å²) in [5.74, 6) is -0.618. The molecule has 2 atom stereocenters. The van der Waals surface area contributed by atoms with Crippen LogP contribution >= 0.6 is 0 Å². The van der Waals surface area contributed by atoms with Gasteiger partial charge in [-0.25, -0.2) is 23.1 Å². The van der Waals surface area contributed by atoms with Gasteiger partial charge in [-0.15, -0.1) is 0 Å². The Hall–Kier alpha value is -2.48. The maximum Gasteiger partial charge on any atom is 0.267 e. The molecular weight excluding hydrogens is 321 g/mol. The van der Waals surface area contributed by atoms with E-state index in [-0.39, 0.29) is 18.0 Å². The Kier molecular flexibility index (Phi) is 4.23. The highest BCUT2D eigenvalue weighted by molar-refractivity contribution is 5.83. The first-order valence-corrected chi connectivity index (χ1v) is 7.21. The lowest BCUT2D eigenvalue weighted by Gasteiger charge is -2.38. The third-order valence-corrected chi connectivity index (χ3v) is 3.98. The van der Waals surface area contributed by atoms with Crippen molar-refractivity contribution in [2.45, 2.75) is 25.0 Å². The minimum Gasteiger partial charge on any atom is -0.386 e. The molecule has 0 aliphatic carbocycles. The molecule has 2 heterocycles. The van der Waals surface area contributed by atoms with E-state index in [0.29, 0.717) is 11.1 Å². The van der Waals surface area contributed by atoms with Crippen LogP contribution in [0.3, 0.4) is 0 Å². The third kappa shape index (κ3) is 2.84. The summed E-state index contributed by atoms with van der Waals surface area (Å²) in [5, 5.41) is 0. The second-order valence-corrected chi connectivity index (χ2v) is 5.64. The van der Waals surface area contributed by atoms with Gasteiger partial charge in [0.15, 0.2) is 0 Å². The van der Waals surface area contributed by atoms with E-state index < -0.39 is 23.9 Å². The zero-order chi connectivity index (χ0) is 17.3. The number of aliphatic imine (C=N–C) groups is 1. The molecule has 3 rings (SSSR count). The molecule has 24 heavy (non-hydrogen) atoms. The summed E-state index contributed by atoms with van der Waals surface area (Å²) in [4.78, 5) is 11.9. The van der Waals surface area contributed by atoms with Gasteiger partial charge in [0.25, 0.3) is 6.43 Å². The molecule has 1 aliphatic heterocycles. The molecule has 5 nitrogen and oxygen atoms in total. The molecule has 126 valence electrons. The Morgan fingerprint density at radius 1 is 1.25 bits per heavy atom. The predicted molar refractivity (Wildman–Crippen MR) is 82.1 cm³/mol. The van der Waals surface area contributed by atoms with E-state index in [1.54, 1.807) is 12.4 Å². The zero-order valence-corrected chi connectivity index (χ0v) is 12.8. The maximum absolute atomic E-state index is 14.4. The number of rotatable bonds is 3. The largest absolute Gasteiger partial charge is 0.386 e. The van der Waals surface area contributed by atoms with Gasteiger partial charge < -0.3 is 10.5 Å². The van der Waals surface area contributed by atoms with Gasteiger partial charge in [-0.3, -0.25) is 4.99 Å². The van der Waals surface area contributed by atoms with Crippen molar-refractivity contribution < 1.29 is 17.9 Å². The van der Waals surface area contributed by atoms with Crippen molar-refractivity contribution >= 4 is 5.84 Å². The van der Waals surface area contributed by atoms with Crippen LogP contribution in [0, 0.1) is 5.82 Å². The molecule has 0 amide bonds. The van der Waals surface area contributed by atoms with Crippen LogP contribution in [-0.2, 0) is 10.3 Å². The first-order valence-electron chi connectivity index (χ1n) is 7.21.